The summed E-state index contributed by atoms with van der Waals surface area (Å²) in [6.45, 7) is 9.50. The maximum absolute atomic E-state index is 2.47. The quantitative estimate of drug-likeness (QED) is 0.538. The van der Waals surface area contributed by atoms with Crippen molar-refractivity contribution in [3.05, 3.63) is 0 Å². The smallest absolute Gasteiger partial charge is 0.0271 e. The highest BCUT2D eigenvalue weighted by Crippen LogP contribution is 2.59. The molecule has 0 aliphatic heterocycles. The van der Waals surface area contributed by atoms with Gasteiger partial charge in [0, 0.05) is 0 Å². The Morgan fingerprint density at radius 2 is 2.00 bits per heavy atom. The second kappa shape index (κ2) is 3.81. The normalized spacial score (nSPS) is 34.2. The molecule has 0 saturated heterocycles. The first-order valence-electron chi connectivity index (χ1n) is 5.61. The van der Waals surface area contributed by atoms with E-state index in [9.17, 15) is 0 Å². The van der Waals surface area contributed by atoms with E-state index in [4.69, 9.17) is 0 Å². The molecule has 0 spiro atoms. The summed E-state index contributed by atoms with van der Waals surface area (Å²) in [5.41, 5.74) is 0.716. The lowest BCUT2D eigenvalue weighted by atomic mass is 9.90. The molecule has 12 heavy (non-hydrogen) atoms. The first-order chi connectivity index (χ1) is 5.61. The van der Waals surface area contributed by atoms with Crippen molar-refractivity contribution < 1.29 is 0 Å². The van der Waals surface area contributed by atoms with E-state index in [0.717, 1.165) is 11.8 Å². The molecule has 0 aromatic rings. The Bertz CT molecular complexity index is 137. The fourth-order valence-electron chi connectivity index (χ4n) is 2.25. The van der Waals surface area contributed by atoms with Crippen molar-refractivity contribution in [1.82, 2.24) is 0 Å². The van der Waals surface area contributed by atoms with Gasteiger partial charge in [0.1, 0.15) is 0 Å². The number of hydrogen-bond acceptors (Lipinski definition) is 0. The summed E-state index contributed by atoms with van der Waals surface area (Å²) in [4.78, 5) is 0. The second-order valence-corrected chi connectivity index (χ2v) is 5.06. The van der Waals surface area contributed by atoms with E-state index < -0.39 is 0 Å². The highest BCUT2D eigenvalue weighted by Gasteiger charge is 2.50. The van der Waals surface area contributed by atoms with Gasteiger partial charge in [-0.25, -0.2) is 0 Å². The van der Waals surface area contributed by atoms with Crippen LogP contribution in [0.3, 0.4) is 0 Å². The van der Waals surface area contributed by atoms with Crippen LogP contribution in [0.1, 0.15) is 59.8 Å². The zero-order valence-corrected chi connectivity index (χ0v) is 9.19. The van der Waals surface area contributed by atoms with Crippen LogP contribution < -0.4 is 0 Å². The predicted molar refractivity (Wildman–Crippen MR) is 55.2 cm³/mol. The van der Waals surface area contributed by atoms with Crippen molar-refractivity contribution >= 4 is 0 Å². The molecule has 1 saturated carbocycles. The summed E-state index contributed by atoms with van der Waals surface area (Å²) < 4.78 is 0. The van der Waals surface area contributed by atoms with Crippen LogP contribution in [0, 0.1) is 17.3 Å². The molecular weight excluding hydrogens is 144 g/mol. The Morgan fingerprint density at radius 3 is 2.42 bits per heavy atom. The zero-order valence-electron chi connectivity index (χ0n) is 9.19. The third-order valence-electron chi connectivity index (χ3n) is 3.93. The SMILES string of the molecule is CCCCCC1CC1(C)C(C)C. The average Bonchev–Trinajstić information content (AvgIpc) is 2.64. The maximum Gasteiger partial charge on any atom is -0.0271 e. The van der Waals surface area contributed by atoms with Crippen LogP contribution in [0.25, 0.3) is 0 Å². The van der Waals surface area contributed by atoms with Gasteiger partial charge in [-0.15, -0.1) is 0 Å². The topological polar surface area (TPSA) is 0 Å². The summed E-state index contributed by atoms with van der Waals surface area (Å²) in [5, 5.41) is 0. The Hall–Kier alpha value is 0. The molecule has 0 heterocycles. The molecule has 0 bridgehead atoms. The van der Waals surface area contributed by atoms with Crippen molar-refractivity contribution in [1.29, 1.82) is 0 Å². The lowest BCUT2D eigenvalue weighted by molar-refractivity contribution is 0.346. The van der Waals surface area contributed by atoms with Gasteiger partial charge >= 0.3 is 0 Å². The predicted octanol–water partition coefficient (Wildman–Crippen LogP) is 4.25. The monoisotopic (exact) mass is 168 g/mol. The van der Waals surface area contributed by atoms with Gasteiger partial charge in [-0.2, -0.15) is 0 Å². The molecule has 0 aromatic heterocycles. The minimum Gasteiger partial charge on any atom is -0.0654 e. The summed E-state index contributed by atoms with van der Waals surface area (Å²) in [6.07, 6.45) is 7.25. The van der Waals surface area contributed by atoms with Gasteiger partial charge in [-0.3, -0.25) is 0 Å². The van der Waals surface area contributed by atoms with E-state index in [2.05, 4.69) is 27.7 Å². The van der Waals surface area contributed by atoms with Crippen molar-refractivity contribution in [3.8, 4) is 0 Å². The summed E-state index contributed by atoms with van der Waals surface area (Å²) >= 11 is 0. The average molecular weight is 168 g/mol. The van der Waals surface area contributed by atoms with E-state index in [1.165, 1.54) is 32.1 Å². The molecule has 0 nitrogen and oxygen atoms in total. The molecule has 72 valence electrons. The van der Waals surface area contributed by atoms with Gasteiger partial charge < -0.3 is 0 Å². The van der Waals surface area contributed by atoms with Gasteiger partial charge in [0.15, 0.2) is 0 Å². The van der Waals surface area contributed by atoms with Crippen molar-refractivity contribution in [2.45, 2.75) is 59.8 Å². The molecule has 2 atom stereocenters. The van der Waals surface area contributed by atoms with Crippen molar-refractivity contribution in [3.63, 3.8) is 0 Å². The lowest BCUT2D eigenvalue weighted by Gasteiger charge is -2.15. The van der Waals surface area contributed by atoms with Crippen LogP contribution in [-0.2, 0) is 0 Å². The molecule has 1 aliphatic rings. The van der Waals surface area contributed by atoms with Crippen molar-refractivity contribution in [2.24, 2.45) is 17.3 Å². The van der Waals surface area contributed by atoms with Crippen LogP contribution >= 0.6 is 0 Å². The van der Waals surface area contributed by atoms with Gasteiger partial charge in [-0.1, -0.05) is 47.0 Å². The van der Waals surface area contributed by atoms with Crippen LogP contribution in [0.4, 0.5) is 0 Å². The Kier molecular flexibility index (Phi) is 3.20. The van der Waals surface area contributed by atoms with Crippen LogP contribution in [0.2, 0.25) is 0 Å². The molecule has 1 rings (SSSR count). The largest absolute Gasteiger partial charge is 0.0654 e. The van der Waals surface area contributed by atoms with E-state index in [1.807, 2.05) is 0 Å². The van der Waals surface area contributed by atoms with Crippen LogP contribution in [0.5, 0.6) is 0 Å². The molecule has 0 N–H and O–H groups in total. The minimum atomic E-state index is 0.716. The van der Waals surface area contributed by atoms with Crippen molar-refractivity contribution in [2.75, 3.05) is 0 Å². The first kappa shape index (κ1) is 10.1. The zero-order chi connectivity index (χ0) is 9.19. The van der Waals surface area contributed by atoms with E-state index in [0.29, 0.717) is 5.41 Å². The lowest BCUT2D eigenvalue weighted by Crippen LogP contribution is -2.07. The van der Waals surface area contributed by atoms with E-state index >= 15 is 0 Å². The van der Waals surface area contributed by atoms with E-state index in [-0.39, 0.29) is 0 Å². The third-order valence-corrected chi connectivity index (χ3v) is 3.93. The Balaban J connectivity index is 2.14. The molecular formula is C12H24. The Labute approximate surface area is 77.7 Å². The summed E-state index contributed by atoms with van der Waals surface area (Å²) in [6, 6.07) is 0. The summed E-state index contributed by atoms with van der Waals surface area (Å²) in [5.74, 6) is 1.95. The third kappa shape index (κ3) is 2.02. The molecule has 1 fully saturated rings. The maximum atomic E-state index is 2.47. The molecule has 0 amide bonds. The summed E-state index contributed by atoms with van der Waals surface area (Å²) in [7, 11) is 0. The molecule has 2 unspecified atom stereocenters. The fourth-order valence-corrected chi connectivity index (χ4v) is 2.25. The molecule has 1 aliphatic carbocycles. The van der Waals surface area contributed by atoms with E-state index in [1.54, 1.807) is 0 Å². The number of unbranched alkanes of at least 4 members (excludes halogenated alkanes) is 2. The number of rotatable bonds is 5. The minimum absolute atomic E-state index is 0.716. The van der Waals surface area contributed by atoms with Gasteiger partial charge in [0.25, 0.3) is 0 Å². The Morgan fingerprint density at radius 1 is 1.33 bits per heavy atom. The van der Waals surface area contributed by atoms with Gasteiger partial charge in [0.2, 0.25) is 0 Å². The first-order valence-corrected chi connectivity index (χ1v) is 5.61. The van der Waals surface area contributed by atoms with Gasteiger partial charge in [-0.05, 0) is 30.1 Å². The molecule has 0 radical (unpaired) electrons. The fraction of sp³-hybridized carbons (Fsp3) is 1.00. The second-order valence-electron chi connectivity index (χ2n) is 5.06. The van der Waals surface area contributed by atoms with Gasteiger partial charge in [0.05, 0.1) is 0 Å². The van der Waals surface area contributed by atoms with Crippen LogP contribution in [-0.4, -0.2) is 0 Å². The number of hydrogen-bond donors (Lipinski definition) is 0. The highest BCUT2D eigenvalue weighted by molar-refractivity contribution is 5.00. The standard InChI is InChI=1S/C12H24/c1-5-6-7-8-11-9-12(11,4)10(2)3/h10-11H,5-9H2,1-4H3. The highest BCUT2D eigenvalue weighted by atomic mass is 14.6. The molecule has 0 heteroatoms. The molecule has 0 aromatic carbocycles. The van der Waals surface area contributed by atoms with Crippen LogP contribution in [0.15, 0.2) is 0 Å².